The molecule has 1 fully saturated rings. The molecule has 7 heteroatoms. The second-order valence-corrected chi connectivity index (χ2v) is 5.51. The summed E-state index contributed by atoms with van der Waals surface area (Å²) in [6, 6.07) is 6.44. The lowest BCUT2D eigenvalue weighted by molar-refractivity contribution is -0.163. The lowest BCUT2D eigenvalue weighted by Crippen LogP contribution is -2.50. The van der Waals surface area contributed by atoms with E-state index < -0.39 is 17.5 Å². The summed E-state index contributed by atoms with van der Waals surface area (Å²) in [5.74, 6) is -0.874. The summed E-state index contributed by atoms with van der Waals surface area (Å²) in [6.07, 6.45) is 1.62. The molecule has 1 amide bonds. The number of ether oxygens (including phenoxy) is 2. The number of nitrogens with zero attached hydrogens (tertiary/aromatic N) is 1. The van der Waals surface area contributed by atoms with E-state index in [1.807, 2.05) is 0 Å². The van der Waals surface area contributed by atoms with Gasteiger partial charge in [0.15, 0.2) is 0 Å². The van der Waals surface area contributed by atoms with Crippen molar-refractivity contribution in [1.82, 2.24) is 4.98 Å². The number of amides is 1. The molecule has 0 spiro atoms. The van der Waals surface area contributed by atoms with Gasteiger partial charge in [-0.2, -0.15) is 0 Å². The second-order valence-electron chi connectivity index (χ2n) is 5.51. The van der Waals surface area contributed by atoms with Crippen LogP contribution in [0.15, 0.2) is 24.3 Å². The van der Waals surface area contributed by atoms with Crippen LogP contribution >= 0.6 is 0 Å². The van der Waals surface area contributed by atoms with E-state index in [-0.39, 0.29) is 11.4 Å². The normalized spacial score (nSPS) is 15.7. The van der Waals surface area contributed by atoms with Gasteiger partial charge in [0.1, 0.15) is 17.2 Å². The Morgan fingerprint density at radius 2 is 2.04 bits per heavy atom. The molecule has 0 unspecified atom stereocenters. The van der Waals surface area contributed by atoms with Gasteiger partial charge in [0.25, 0.3) is 5.91 Å². The topological polar surface area (TPSA) is 112 Å². The first-order chi connectivity index (χ1) is 10.9. The van der Waals surface area contributed by atoms with E-state index in [1.165, 1.54) is 13.2 Å². The minimum Gasteiger partial charge on any atom is -0.497 e. The highest BCUT2D eigenvalue weighted by Gasteiger charge is 2.47. The Balaban J connectivity index is 2.15. The summed E-state index contributed by atoms with van der Waals surface area (Å²) < 4.78 is 11.0. The zero-order valence-corrected chi connectivity index (χ0v) is 12.5. The molecule has 1 aliphatic carbocycles. The lowest BCUT2D eigenvalue weighted by atomic mass is 9.80. The molecular weight excluding hydrogens is 300 g/mol. The van der Waals surface area contributed by atoms with Crippen LogP contribution in [0.1, 0.15) is 29.8 Å². The minimum absolute atomic E-state index is 0.0255. The lowest BCUT2D eigenvalue weighted by Gasteiger charge is -2.37. The molecule has 120 valence electrons. The third kappa shape index (κ3) is 2.54. The van der Waals surface area contributed by atoms with Crippen LogP contribution in [-0.4, -0.2) is 34.7 Å². The monoisotopic (exact) mass is 316 g/mol. The van der Waals surface area contributed by atoms with Crippen LogP contribution in [0.5, 0.6) is 11.5 Å². The molecule has 0 radical (unpaired) electrons. The van der Waals surface area contributed by atoms with E-state index in [0.717, 1.165) is 6.42 Å². The smallest absolute Gasteiger partial charge is 0.348 e. The van der Waals surface area contributed by atoms with Gasteiger partial charge in [-0.3, -0.25) is 4.79 Å². The number of aromatic nitrogens is 1. The van der Waals surface area contributed by atoms with Gasteiger partial charge in [-0.05, 0) is 37.5 Å². The fourth-order valence-electron chi connectivity index (χ4n) is 2.58. The number of carboxylic acids is 1. The number of primary amides is 1. The first-order valence-electron chi connectivity index (χ1n) is 7.16. The molecule has 23 heavy (non-hydrogen) atoms. The highest BCUT2D eigenvalue weighted by Crippen LogP contribution is 2.40. The maximum atomic E-state index is 11.5. The average Bonchev–Trinajstić information content (AvgIpc) is 2.49. The third-order valence-electron chi connectivity index (χ3n) is 4.09. The Bertz CT molecular complexity index is 798. The maximum absolute atomic E-state index is 11.5. The van der Waals surface area contributed by atoms with E-state index >= 15 is 0 Å². The molecule has 2 aromatic rings. The van der Waals surface area contributed by atoms with E-state index in [1.54, 1.807) is 18.2 Å². The van der Waals surface area contributed by atoms with Gasteiger partial charge in [-0.1, -0.05) is 0 Å². The van der Waals surface area contributed by atoms with E-state index in [2.05, 4.69) is 4.98 Å². The molecule has 1 aliphatic rings. The molecule has 3 rings (SSSR count). The van der Waals surface area contributed by atoms with Crippen molar-refractivity contribution in [3.63, 3.8) is 0 Å². The highest BCUT2D eigenvalue weighted by atomic mass is 16.5. The van der Waals surface area contributed by atoms with Crippen molar-refractivity contribution >= 4 is 22.8 Å². The standard InChI is InChI=1S/C16H16N2O5/c1-22-9-3-4-11-10(7-9)13(8-12(18-11)14(17)19)23-16(15(20)21)5-2-6-16/h3-4,7-8H,2,5-6H2,1H3,(H2,17,19)(H,20,21). The van der Waals surface area contributed by atoms with Crippen LogP contribution in [0.4, 0.5) is 0 Å². The Morgan fingerprint density at radius 3 is 2.57 bits per heavy atom. The molecule has 0 aliphatic heterocycles. The van der Waals surface area contributed by atoms with Crippen molar-refractivity contribution < 1.29 is 24.2 Å². The zero-order chi connectivity index (χ0) is 16.6. The van der Waals surface area contributed by atoms with Gasteiger partial charge in [0, 0.05) is 11.5 Å². The van der Waals surface area contributed by atoms with Crippen molar-refractivity contribution in [2.75, 3.05) is 7.11 Å². The van der Waals surface area contributed by atoms with Gasteiger partial charge in [0.05, 0.1) is 12.6 Å². The van der Waals surface area contributed by atoms with Crippen molar-refractivity contribution in [3.8, 4) is 11.5 Å². The summed E-state index contributed by atoms with van der Waals surface area (Å²) in [5.41, 5.74) is 4.55. The number of fused-ring (bicyclic) bond motifs is 1. The molecule has 0 bridgehead atoms. The number of rotatable bonds is 5. The van der Waals surface area contributed by atoms with Gasteiger partial charge in [-0.15, -0.1) is 0 Å². The van der Waals surface area contributed by atoms with Crippen molar-refractivity contribution in [1.29, 1.82) is 0 Å². The van der Waals surface area contributed by atoms with Gasteiger partial charge >= 0.3 is 5.97 Å². The van der Waals surface area contributed by atoms with E-state index in [9.17, 15) is 14.7 Å². The summed E-state index contributed by atoms with van der Waals surface area (Å²) in [7, 11) is 1.53. The molecule has 0 atom stereocenters. The molecule has 1 aromatic heterocycles. The summed E-state index contributed by atoms with van der Waals surface area (Å²) in [4.78, 5) is 27.2. The molecule has 1 saturated carbocycles. The second kappa shape index (κ2) is 5.42. The fourth-order valence-corrected chi connectivity index (χ4v) is 2.58. The van der Waals surface area contributed by atoms with Gasteiger partial charge in [0.2, 0.25) is 5.60 Å². The van der Waals surface area contributed by atoms with Crippen LogP contribution in [0, 0.1) is 0 Å². The van der Waals surface area contributed by atoms with Crippen molar-refractivity contribution in [3.05, 3.63) is 30.0 Å². The quantitative estimate of drug-likeness (QED) is 0.868. The van der Waals surface area contributed by atoms with Gasteiger partial charge in [-0.25, -0.2) is 9.78 Å². The van der Waals surface area contributed by atoms with Gasteiger partial charge < -0.3 is 20.3 Å². The Kier molecular flexibility index (Phi) is 3.55. The van der Waals surface area contributed by atoms with Crippen LogP contribution in [-0.2, 0) is 4.79 Å². The number of nitrogens with two attached hydrogens (primary N) is 1. The minimum atomic E-state index is -1.26. The summed E-state index contributed by atoms with van der Waals surface area (Å²) in [5, 5.41) is 10.0. The third-order valence-corrected chi connectivity index (χ3v) is 4.09. The Morgan fingerprint density at radius 1 is 1.30 bits per heavy atom. The molecule has 3 N–H and O–H groups in total. The number of carbonyl (C=O) groups is 2. The first kappa shape index (κ1) is 15.1. The number of carboxylic acid groups (broad SMARTS) is 1. The first-order valence-corrected chi connectivity index (χ1v) is 7.16. The molecular formula is C16H16N2O5. The van der Waals surface area contributed by atoms with Crippen LogP contribution in [0.3, 0.4) is 0 Å². The predicted molar refractivity (Wildman–Crippen MR) is 81.7 cm³/mol. The SMILES string of the molecule is COc1ccc2nc(C(N)=O)cc(OC3(C(=O)O)CCC3)c2c1. The number of hydrogen-bond donors (Lipinski definition) is 2. The summed E-state index contributed by atoms with van der Waals surface area (Å²) >= 11 is 0. The van der Waals surface area contributed by atoms with E-state index in [4.69, 9.17) is 15.2 Å². The van der Waals surface area contributed by atoms with Crippen LogP contribution in [0.25, 0.3) is 10.9 Å². The molecule has 1 heterocycles. The number of pyridine rings is 1. The number of carbonyl (C=O) groups excluding carboxylic acids is 1. The fraction of sp³-hybridized carbons (Fsp3) is 0.312. The molecule has 1 aromatic carbocycles. The van der Waals surface area contributed by atoms with Crippen molar-refractivity contribution in [2.24, 2.45) is 5.73 Å². The Labute approximate surface area is 132 Å². The van der Waals surface area contributed by atoms with Crippen molar-refractivity contribution in [2.45, 2.75) is 24.9 Å². The van der Waals surface area contributed by atoms with E-state index in [0.29, 0.717) is 29.5 Å². The maximum Gasteiger partial charge on any atom is 0.348 e. The molecule has 0 saturated heterocycles. The predicted octanol–water partition coefficient (Wildman–Crippen LogP) is 1.73. The summed E-state index contributed by atoms with van der Waals surface area (Å²) in [6.45, 7) is 0. The largest absolute Gasteiger partial charge is 0.497 e. The zero-order valence-electron chi connectivity index (χ0n) is 12.5. The highest BCUT2D eigenvalue weighted by molar-refractivity contribution is 5.96. The molecule has 7 nitrogen and oxygen atoms in total. The Hall–Kier alpha value is -2.83. The number of benzene rings is 1. The number of aliphatic carboxylic acids is 1. The number of hydrogen-bond acceptors (Lipinski definition) is 5. The van der Waals surface area contributed by atoms with Crippen LogP contribution < -0.4 is 15.2 Å². The van der Waals surface area contributed by atoms with Crippen LogP contribution in [0.2, 0.25) is 0 Å². The number of methoxy groups -OCH3 is 1. The average molecular weight is 316 g/mol.